The minimum Gasteiger partial charge on any atom is -0.399 e. The third-order valence-electron chi connectivity index (χ3n) is 5.98. The maximum Gasteiger partial charge on any atom is 0.269 e. The third-order valence-corrected chi connectivity index (χ3v) is 6.47. The van der Waals surface area contributed by atoms with E-state index >= 15 is 0 Å². The molecule has 148 valence electrons. The lowest BCUT2D eigenvalue weighted by Gasteiger charge is -2.34. The van der Waals surface area contributed by atoms with E-state index in [1.807, 2.05) is 60.7 Å². The minimum atomic E-state index is -0.688. The van der Waals surface area contributed by atoms with Crippen molar-refractivity contribution in [1.82, 2.24) is 0 Å². The predicted octanol–water partition coefficient (Wildman–Crippen LogP) is 5.10. The van der Waals surface area contributed by atoms with Gasteiger partial charge in [-0.3, -0.25) is 10.1 Å². The Morgan fingerprint density at radius 2 is 1.35 bits per heavy atom. The Morgan fingerprint density at radius 3 is 1.97 bits per heavy atom. The molecule has 0 fully saturated rings. The number of halogens is 1. The minimum absolute atomic E-state index is 0.0523. The molecule has 0 saturated carbocycles. The topological polar surface area (TPSA) is 69.2 Å². The van der Waals surface area contributed by atoms with Crippen LogP contribution in [0.3, 0.4) is 0 Å². The summed E-state index contributed by atoms with van der Waals surface area (Å²) in [5.74, 6) is 0. The molecule has 0 heterocycles. The van der Waals surface area contributed by atoms with Crippen molar-refractivity contribution in [2.24, 2.45) is 0 Å². The molecule has 0 amide bonds. The number of anilines is 1. The van der Waals surface area contributed by atoms with Gasteiger partial charge in [-0.25, -0.2) is 0 Å². The van der Waals surface area contributed by atoms with E-state index in [2.05, 4.69) is 28.1 Å². The van der Waals surface area contributed by atoms with Crippen LogP contribution in [0.5, 0.6) is 0 Å². The highest BCUT2D eigenvalue weighted by atomic mass is 79.9. The smallest absolute Gasteiger partial charge is 0.269 e. The van der Waals surface area contributed by atoms with Crippen LogP contribution in [-0.2, 0) is 5.41 Å². The van der Waals surface area contributed by atoms with E-state index < -0.39 is 5.41 Å². The Hall–Kier alpha value is -3.38. The normalized spacial score (nSPS) is 16.5. The van der Waals surface area contributed by atoms with E-state index in [0.717, 1.165) is 37.9 Å². The van der Waals surface area contributed by atoms with Gasteiger partial charge in [0.15, 0.2) is 0 Å². The van der Waals surface area contributed by atoms with E-state index in [0.29, 0.717) is 11.2 Å². The summed E-state index contributed by atoms with van der Waals surface area (Å²) in [7, 11) is 6.24. The van der Waals surface area contributed by atoms with Gasteiger partial charge in [0.1, 0.15) is 7.85 Å². The van der Waals surface area contributed by atoms with E-state index in [1.165, 1.54) is 0 Å². The first-order valence-electron chi connectivity index (χ1n) is 9.72. The number of nitrogens with zero attached hydrogens (tertiary/aromatic N) is 1. The highest BCUT2D eigenvalue weighted by molar-refractivity contribution is 9.10. The Labute approximate surface area is 189 Å². The monoisotopic (exact) mass is 466 g/mol. The first kappa shape index (κ1) is 19.6. The van der Waals surface area contributed by atoms with Crippen LogP contribution < -0.4 is 11.2 Å². The largest absolute Gasteiger partial charge is 0.399 e. The molecule has 31 heavy (non-hydrogen) atoms. The van der Waals surface area contributed by atoms with Gasteiger partial charge >= 0.3 is 0 Å². The summed E-state index contributed by atoms with van der Waals surface area (Å²) in [4.78, 5) is 10.9. The van der Waals surface area contributed by atoms with Crippen LogP contribution in [0.15, 0.2) is 89.4 Å². The van der Waals surface area contributed by atoms with Crippen LogP contribution in [0.1, 0.15) is 22.3 Å². The molecular formula is C25H16BBrN2O2. The fourth-order valence-corrected chi connectivity index (χ4v) is 5.03. The predicted molar refractivity (Wildman–Crippen MR) is 128 cm³/mol. The lowest BCUT2D eigenvalue weighted by molar-refractivity contribution is -0.384. The maximum atomic E-state index is 11.3. The van der Waals surface area contributed by atoms with Crippen LogP contribution >= 0.6 is 15.9 Å². The van der Waals surface area contributed by atoms with Crippen molar-refractivity contribution in [3.8, 4) is 11.1 Å². The van der Waals surface area contributed by atoms with Gasteiger partial charge in [-0.1, -0.05) is 69.9 Å². The zero-order valence-corrected chi connectivity index (χ0v) is 18.0. The second-order valence-corrected chi connectivity index (χ2v) is 8.59. The van der Waals surface area contributed by atoms with Crippen molar-refractivity contribution in [2.75, 3.05) is 5.73 Å². The second kappa shape index (κ2) is 7.10. The SMILES string of the molecule is [B]c1ccc2c(c1)C(c1ccc(N)cc1)(c1ccc([N+](=O)[O-])cc1)c1cc(Br)ccc1-2. The molecule has 5 rings (SSSR count). The second-order valence-electron chi connectivity index (χ2n) is 7.67. The first-order valence-corrected chi connectivity index (χ1v) is 10.5. The molecule has 0 aliphatic heterocycles. The van der Waals surface area contributed by atoms with Gasteiger partial charge < -0.3 is 5.73 Å². The van der Waals surface area contributed by atoms with E-state index in [4.69, 9.17) is 13.6 Å². The van der Waals surface area contributed by atoms with Crippen LogP contribution in [0.25, 0.3) is 11.1 Å². The van der Waals surface area contributed by atoms with Crippen LogP contribution in [0, 0.1) is 10.1 Å². The zero-order chi connectivity index (χ0) is 21.8. The van der Waals surface area contributed by atoms with Crippen LogP contribution in [-0.4, -0.2) is 12.8 Å². The van der Waals surface area contributed by atoms with Gasteiger partial charge in [-0.05, 0) is 57.6 Å². The van der Waals surface area contributed by atoms with Crippen molar-refractivity contribution >= 4 is 40.6 Å². The van der Waals surface area contributed by atoms with Gasteiger partial charge in [0.05, 0.1) is 10.3 Å². The average molecular weight is 467 g/mol. The summed E-state index contributed by atoms with van der Waals surface area (Å²) < 4.78 is 0.953. The molecule has 1 atom stereocenters. The lowest BCUT2D eigenvalue weighted by Crippen LogP contribution is -2.29. The number of nitrogens with two attached hydrogens (primary N) is 1. The fourth-order valence-electron chi connectivity index (χ4n) is 4.67. The van der Waals surface area contributed by atoms with Crippen LogP contribution in [0.2, 0.25) is 0 Å². The highest BCUT2D eigenvalue weighted by Gasteiger charge is 2.46. The van der Waals surface area contributed by atoms with Crippen molar-refractivity contribution in [3.05, 3.63) is 122 Å². The van der Waals surface area contributed by atoms with Crippen molar-refractivity contribution in [3.63, 3.8) is 0 Å². The molecule has 0 aromatic heterocycles. The van der Waals surface area contributed by atoms with Crippen molar-refractivity contribution in [2.45, 2.75) is 5.41 Å². The number of hydrogen-bond acceptors (Lipinski definition) is 3. The first-order chi connectivity index (χ1) is 14.9. The quantitative estimate of drug-likeness (QED) is 0.174. The Balaban J connectivity index is 1.93. The molecule has 4 aromatic carbocycles. The number of non-ortho nitro benzene ring substituents is 1. The van der Waals surface area contributed by atoms with Crippen LogP contribution in [0.4, 0.5) is 11.4 Å². The number of nitro groups is 1. The van der Waals surface area contributed by atoms with Crippen molar-refractivity contribution in [1.29, 1.82) is 0 Å². The van der Waals surface area contributed by atoms with Crippen molar-refractivity contribution < 1.29 is 4.92 Å². The summed E-state index contributed by atoms with van der Waals surface area (Å²) in [6.45, 7) is 0. The molecular weight excluding hydrogens is 451 g/mol. The maximum absolute atomic E-state index is 11.3. The summed E-state index contributed by atoms with van der Waals surface area (Å²) >= 11 is 3.63. The molecule has 6 heteroatoms. The Kier molecular flexibility index (Phi) is 4.48. The van der Waals surface area contributed by atoms with Gasteiger partial charge in [0, 0.05) is 22.3 Å². The molecule has 1 unspecified atom stereocenters. The number of nitro benzene ring substituents is 1. The molecule has 2 N–H and O–H groups in total. The zero-order valence-electron chi connectivity index (χ0n) is 16.4. The summed E-state index contributed by atoms with van der Waals surface area (Å²) in [5.41, 5.74) is 12.9. The molecule has 4 nitrogen and oxygen atoms in total. The fraction of sp³-hybridized carbons (Fsp3) is 0.0400. The summed E-state index contributed by atoms with van der Waals surface area (Å²) in [6, 6.07) is 26.7. The Morgan fingerprint density at radius 1 is 0.806 bits per heavy atom. The van der Waals surface area contributed by atoms with Gasteiger partial charge in [0.25, 0.3) is 5.69 Å². The molecule has 2 radical (unpaired) electrons. The number of fused-ring (bicyclic) bond motifs is 3. The number of nitrogen functional groups attached to an aromatic ring is 1. The van der Waals surface area contributed by atoms with Gasteiger partial charge in [-0.2, -0.15) is 0 Å². The molecule has 0 spiro atoms. The molecule has 4 aromatic rings. The third kappa shape index (κ3) is 2.90. The molecule has 0 saturated heterocycles. The van der Waals surface area contributed by atoms with E-state index in [1.54, 1.807) is 12.1 Å². The summed E-state index contributed by atoms with van der Waals surface area (Å²) in [5, 5.41) is 11.3. The molecule has 0 bridgehead atoms. The molecule has 1 aliphatic carbocycles. The molecule has 1 aliphatic rings. The van der Waals surface area contributed by atoms with Gasteiger partial charge in [-0.15, -0.1) is 0 Å². The Bertz CT molecular complexity index is 1280. The number of hydrogen-bond donors (Lipinski definition) is 1. The average Bonchev–Trinajstić information content (AvgIpc) is 3.04. The summed E-state index contributed by atoms with van der Waals surface area (Å²) in [6.07, 6.45) is 0. The number of benzene rings is 4. The van der Waals surface area contributed by atoms with E-state index in [9.17, 15) is 10.1 Å². The van der Waals surface area contributed by atoms with Gasteiger partial charge in [0.2, 0.25) is 0 Å². The lowest BCUT2D eigenvalue weighted by atomic mass is 9.67. The highest BCUT2D eigenvalue weighted by Crippen LogP contribution is 2.56. The standard InChI is InChI=1S/C25H16BBrN2O2/c26-17-5-11-21-22-12-6-18(27)14-24(22)25(23(21)13-17,15-1-7-19(28)8-2-15)16-3-9-20(10-4-16)29(30)31/h1-14H,28H2. The number of rotatable bonds is 3. The van der Waals surface area contributed by atoms with E-state index in [-0.39, 0.29) is 10.6 Å².